The SMILES string of the molecule is CC(C)(C)c1ccc(N2CCC(=O)NC2=O)cc1F. The van der Waals surface area contributed by atoms with Gasteiger partial charge in [0.05, 0.1) is 0 Å². The van der Waals surface area contributed by atoms with Crippen molar-refractivity contribution in [3.63, 3.8) is 0 Å². The molecule has 0 saturated carbocycles. The Bertz CT molecular complexity index is 535. The molecule has 0 aliphatic carbocycles. The first-order chi connectivity index (χ1) is 8.79. The molecule has 19 heavy (non-hydrogen) atoms. The van der Waals surface area contributed by atoms with E-state index in [-0.39, 0.29) is 30.1 Å². The molecular weight excluding hydrogens is 247 g/mol. The van der Waals surface area contributed by atoms with E-state index in [2.05, 4.69) is 5.32 Å². The fourth-order valence-electron chi connectivity index (χ4n) is 2.09. The largest absolute Gasteiger partial charge is 0.328 e. The quantitative estimate of drug-likeness (QED) is 0.847. The van der Waals surface area contributed by atoms with Crippen molar-refractivity contribution in [2.24, 2.45) is 0 Å². The van der Waals surface area contributed by atoms with Gasteiger partial charge in [-0.2, -0.15) is 0 Å². The number of carbonyl (C=O) groups excluding carboxylic acids is 2. The molecule has 1 heterocycles. The highest BCUT2D eigenvalue weighted by molar-refractivity contribution is 6.05. The highest BCUT2D eigenvalue weighted by atomic mass is 19.1. The lowest BCUT2D eigenvalue weighted by molar-refractivity contribution is -0.120. The van der Waals surface area contributed by atoms with Crippen molar-refractivity contribution in [2.75, 3.05) is 11.4 Å². The lowest BCUT2D eigenvalue weighted by Gasteiger charge is -2.27. The summed E-state index contributed by atoms with van der Waals surface area (Å²) in [4.78, 5) is 24.1. The van der Waals surface area contributed by atoms with Crippen LogP contribution in [0.5, 0.6) is 0 Å². The van der Waals surface area contributed by atoms with Crippen molar-refractivity contribution >= 4 is 17.6 Å². The van der Waals surface area contributed by atoms with Crippen molar-refractivity contribution in [2.45, 2.75) is 32.6 Å². The second-order valence-electron chi connectivity index (χ2n) is 5.67. The number of carbonyl (C=O) groups is 2. The molecule has 3 amide bonds. The number of hydrogen-bond donors (Lipinski definition) is 1. The second-order valence-corrected chi connectivity index (χ2v) is 5.67. The monoisotopic (exact) mass is 264 g/mol. The molecule has 1 aliphatic rings. The number of amides is 3. The van der Waals surface area contributed by atoms with Gasteiger partial charge in [-0.15, -0.1) is 0 Å². The minimum atomic E-state index is -0.501. The van der Waals surface area contributed by atoms with E-state index in [1.807, 2.05) is 20.8 Å². The molecule has 1 aliphatic heterocycles. The fraction of sp³-hybridized carbons (Fsp3) is 0.429. The number of nitrogens with one attached hydrogen (secondary N) is 1. The van der Waals surface area contributed by atoms with Gasteiger partial charge in [0.25, 0.3) is 0 Å². The molecule has 2 rings (SSSR count). The molecular formula is C14H17FN2O2. The second kappa shape index (κ2) is 4.64. The molecule has 102 valence electrons. The lowest BCUT2D eigenvalue weighted by atomic mass is 9.86. The van der Waals surface area contributed by atoms with Crippen molar-refractivity contribution < 1.29 is 14.0 Å². The molecule has 0 radical (unpaired) electrons. The van der Waals surface area contributed by atoms with Crippen LogP contribution in [0.4, 0.5) is 14.9 Å². The highest BCUT2D eigenvalue weighted by Crippen LogP contribution is 2.28. The average Bonchev–Trinajstić information content (AvgIpc) is 2.26. The van der Waals surface area contributed by atoms with E-state index in [1.54, 1.807) is 12.1 Å². The van der Waals surface area contributed by atoms with Gasteiger partial charge in [-0.3, -0.25) is 15.0 Å². The van der Waals surface area contributed by atoms with Crippen molar-refractivity contribution in [1.82, 2.24) is 5.32 Å². The molecule has 0 bridgehead atoms. The Morgan fingerprint density at radius 2 is 1.95 bits per heavy atom. The third kappa shape index (κ3) is 2.75. The first-order valence-corrected chi connectivity index (χ1v) is 6.20. The van der Waals surface area contributed by atoms with E-state index in [0.29, 0.717) is 11.3 Å². The molecule has 4 nitrogen and oxygen atoms in total. The van der Waals surface area contributed by atoms with Crippen molar-refractivity contribution in [1.29, 1.82) is 0 Å². The van der Waals surface area contributed by atoms with Crippen LogP contribution in [0.3, 0.4) is 0 Å². The number of imide groups is 1. The number of hydrogen-bond acceptors (Lipinski definition) is 2. The van der Waals surface area contributed by atoms with Gasteiger partial charge in [0.15, 0.2) is 0 Å². The Labute approximate surface area is 111 Å². The Hall–Kier alpha value is -1.91. The van der Waals surface area contributed by atoms with Gasteiger partial charge < -0.3 is 0 Å². The summed E-state index contributed by atoms with van der Waals surface area (Å²) in [6.45, 7) is 6.06. The normalized spacial score (nSPS) is 16.5. The number of nitrogens with zero attached hydrogens (tertiary/aromatic N) is 1. The number of rotatable bonds is 1. The first-order valence-electron chi connectivity index (χ1n) is 6.20. The van der Waals surface area contributed by atoms with E-state index in [9.17, 15) is 14.0 Å². The molecule has 0 aromatic heterocycles. The molecule has 0 unspecified atom stereocenters. The van der Waals surface area contributed by atoms with Gasteiger partial charge in [0.2, 0.25) is 5.91 Å². The van der Waals surface area contributed by atoms with Gasteiger partial charge in [-0.05, 0) is 23.1 Å². The Balaban J connectivity index is 2.30. The molecule has 1 saturated heterocycles. The number of halogens is 1. The summed E-state index contributed by atoms with van der Waals surface area (Å²) in [7, 11) is 0. The predicted octanol–water partition coefficient (Wildman–Crippen LogP) is 2.57. The lowest BCUT2D eigenvalue weighted by Crippen LogP contribution is -2.49. The number of benzene rings is 1. The predicted molar refractivity (Wildman–Crippen MR) is 70.6 cm³/mol. The zero-order valence-corrected chi connectivity index (χ0v) is 11.3. The highest BCUT2D eigenvalue weighted by Gasteiger charge is 2.26. The zero-order chi connectivity index (χ0) is 14.2. The van der Waals surface area contributed by atoms with Crippen LogP contribution in [0.1, 0.15) is 32.8 Å². The van der Waals surface area contributed by atoms with Gasteiger partial charge in [-0.1, -0.05) is 26.8 Å². The molecule has 1 N–H and O–H groups in total. The van der Waals surface area contributed by atoms with E-state index in [0.717, 1.165) is 0 Å². The summed E-state index contributed by atoms with van der Waals surface area (Å²) in [5.74, 6) is -0.636. The summed E-state index contributed by atoms with van der Waals surface area (Å²) in [6, 6.07) is 4.24. The fourth-order valence-corrected chi connectivity index (χ4v) is 2.09. The van der Waals surface area contributed by atoms with Crippen LogP contribution in [0.15, 0.2) is 18.2 Å². The van der Waals surface area contributed by atoms with Crippen LogP contribution in [-0.4, -0.2) is 18.5 Å². The van der Waals surface area contributed by atoms with E-state index < -0.39 is 6.03 Å². The Morgan fingerprint density at radius 3 is 2.47 bits per heavy atom. The minimum Gasteiger partial charge on any atom is -0.294 e. The van der Waals surface area contributed by atoms with E-state index >= 15 is 0 Å². The number of anilines is 1. The smallest absolute Gasteiger partial charge is 0.294 e. The number of urea groups is 1. The molecule has 1 aromatic carbocycles. The summed E-state index contributed by atoms with van der Waals surface area (Å²) < 4.78 is 14.1. The Morgan fingerprint density at radius 1 is 1.26 bits per heavy atom. The molecule has 1 fully saturated rings. The summed E-state index contributed by atoms with van der Waals surface area (Å²) in [5.41, 5.74) is 0.781. The standard InChI is InChI=1S/C14H17FN2O2/c1-14(2,3)10-5-4-9(8-11(10)15)17-7-6-12(18)16-13(17)19/h4-5,8H,6-7H2,1-3H3,(H,16,18,19). The first kappa shape index (κ1) is 13.5. The van der Waals surface area contributed by atoms with E-state index in [4.69, 9.17) is 0 Å². The zero-order valence-electron chi connectivity index (χ0n) is 11.3. The van der Waals surface area contributed by atoms with Crippen molar-refractivity contribution in [3.05, 3.63) is 29.6 Å². The van der Waals surface area contributed by atoms with Crippen LogP contribution >= 0.6 is 0 Å². The molecule has 5 heteroatoms. The molecule has 0 spiro atoms. The van der Waals surface area contributed by atoms with Crippen LogP contribution in [0.2, 0.25) is 0 Å². The molecule has 0 atom stereocenters. The maximum atomic E-state index is 14.1. The average molecular weight is 264 g/mol. The summed E-state index contributed by atoms with van der Waals surface area (Å²) in [5, 5.41) is 2.22. The maximum absolute atomic E-state index is 14.1. The third-order valence-corrected chi connectivity index (χ3v) is 3.13. The van der Waals surface area contributed by atoms with Crippen LogP contribution in [0, 0.1) is 5.82 Å². The van der Waals surface area contributed by atoms with Gasteiger partial charge in [-0.25, -0.2) is 9.18 Å². The van der Waals surface area contributed by atoms with Crippen LogP contribution < -0.4 is 10.2 Å². The van der Waals surface area contributed by atoms with E-state index in [1.165, 1.54) is 11.0 Å². The summed E-state index contributed by atoms with van der Waals surface area (Å²) in [6.07, 6.45) is 0.231. The third-order valence-electron chi connectivity index (χ3n) is 3.13. The van der Waals surface area contributed by atoms with Crippen LogP contribution in [0.25, 0.3) is 0 Å². The minimum absolute atomic E-state index is 0.231. The van der Waals surface area contributed by atoms with Gasteiger partial charge >= 0.3 is 6.03 Å². The molecule has 1 aromatic rings. The summed E-state index contributed by atoms with van der Waals surface area (Å²) >= 11 is 0. The van der Waals surface area contributed by atoms with Gasteiger partial charge in [0.1, 0.15) is 5.82 Å². The van der Waals surface area contributed by atoms with Gasteiger partial charge in [0, 0.05) is 18.7 Å². The maximum Gasteiger partial charge on any atom is 0.328 e. The Kier molecular flexibility index (Phi) is 3.30. The topological polar surface area (TPSA) is 49.4 Å². The van der Waals surface area contributed by atoms with Crippen molar-refractivity contribution in [3.8, 4) is 0 Å². The van der Waals surface area contributed by atoms with Crippen LogP contribution in [-0.2, 0) is 10.2 Å².